The van der Waals surface area contributed by atoms with Gasteiger partial charge in [0.25, 0.3) is 0 Å². The monoisotopic (exact) mass is 232 g/mol. The van der Waals surface area contributed by atoms with Gasteiger partial charge in [0, 0.05) is 0 Å². The largest absolute Gasteiger partial charge is 0.497 e. The van der Waals surface area contributed by atoms with Gasteiger partial charge in [-0.1, -0.05) is 12.1 Å². The van der Waals surface area contributed by atoms with Crippen LogP contribution < -0.4 is 10.5 Å². The molecule has 0 aliphatic heterocycles. The molecule has 17 heavy (non-hydrogen) atoms. The molecular formula is C13H16N2O2. The molecule has 1 aromatic heterocycles. The number of aromatic nitrogens is 1. The topological polar surface area (TPSA) is 61.3 Å². The predicted octanol–water partition coefficient (Wildman–Crippen LogP) is 2.23. The Balaban J connectivity index is 2.07. The molecule has 90 valence electrons. The third-order valence-corrected chi connectivity index (χ3v) is 2.73. The van der Waals surface area contributed by atoms with Gasteiger partial charge in [-0.05, 0) is 31.0 Å². The average Bonchev–Trinajstić information content (AvgIpc) is 2.76. The number of rotatable bonds is 4. The summed E-state index contributed by atoms with van der Waals surface area (Å²) in [4.78, 5) is 4.04. The molecule has 1 heterocycles. The van der Waals surface area contributed by atoms with Crippen molar-refractivity contribution in [2.75, 3.05) is 7.11 Å². The lowest BCUT2D eigenvalue weighted by atomic mass is 10.0. The van der Waals surface area contributed by atoms with E-state index in [9.17, 15) is 0 Å². The smallest absolute Gasteiger partial charge is 0.181 e. The first-order chi connectivity index (χ1) is 8.20. The minimum atomic E-state index is -0.161. The van der Waals surface area contributed by atoms with Crippen LogP contribution in [0.3, 0.4) is 0 Å². The fourth-order valence-electron chi connectivity index (χ4n) is 1.78. The van der Waals surface area contributed by atoms with Gasteiger partial charge >= 0.3 is 0 Å². The van der Waals surface area contributed by atoms with Gasteiger partial charge in [0.05, 0.1) is 18.8 Å². The highest BCUT2D eigenvalue weighted by Gasteiger charge is 2.14. The molecule has 0 aliphatic carbocycles. The van der Waals surface area contributed by atoms with Crippen molar-refractivity contribution < 1.29 is 9.15 Å². The number of methoxy groups -OCH3 is 1. The van der Waals surface area contributed by atoms with Crippen LogP contribution in [0.25, 0.3) is 0 Å². The van der Waals surface area contributed by atoms with Crippen LogP contribution in [0.4, 0.5) is 0 Å². The molecular weight excluding hydrogens is 216 g/mol. The number of nitrogens with zero attached hydrogens (tertiary/aromatic N) is 1. The normalized spacial score (nSPS) is 12.4. The average molecular weight is 232 g/mol. The third kappa shape index (κ3) is 2.65. The zero-order valence-electron chi connectivity index (χ0n) is 10.0. The predicted molar refractivity (Wildman–Crippen MR) is 64.9 cm³/mol. The van der Waals surface area contributed by atoms with Crippen molar-refractivity contribution in [2.24, 2.45) is 5.73 Å². The van der Waals surface area contributed by atoms with Gasteiger partial charge in [0.1, 0.15) is 11.5 Å². The van der Waals surface area contributed by atoms with E-state index >= 15 is 0 Å². The van der Waals surface area contributed by atoms with Crippen molar-refractivity contribution >= 4 is 0 Å². The maximum Gasteiger partial charge on any atom is 0.181 e. The van der Waals surface area contributed by atoms with Gasteiger partial charge in [-0.25, -0.2) is 4.98 Å². The number of benzene rings is 1. The molecule has 0 radical (unpaired) electrons. The minimum absolute atomic E-state index is 0.161. The van der Waals surface area contributed by atoms with E-state index in [4.69, 9.17) is 14.9 Å². The van der Waals surface area contributed by atoms with Crippen LogP contribution >= 0.6 is 0 Å². The van der Waals surface area contributed by atoms with Crippen LogP contribution in [-0.2, 0) is 6.42 Å². The van der Waals surface area contributed by atoms with Crippen LogP contribution in [0.2, 0.25) is 0 Å². The highest BCUT2D eigenvalue weighted by atomic mass is 16.5. The van der Waals surface area contributed by atoms with Gasteiger partial charge in [-0.3, -0.25) is 0 Å². The number of hydrogen-bond donors (Lipinski definition) is 1. The zero-order valence-corrected chi connectivity index (χ0v) is 10.0. The van der Waals surface area contributed by atoms with E-state index in [0.717, 1.165) is 29.2 Å². The molecule has 0 saturated carbocycles. The fraction of sp³-hybridized carbons (Fsp3) is 0.308. The molecule has 1 atom stereocenters. The van der Waals surface area contributed by atoms with Gasteiger partial charge in [0.2, 0.25) is 0 Å². The summed E-state index contributed by atoms with van der Waals surface area (Å²) in [5.41, 5.74) is 8.08. The first-order valence-corrected chi connectivity index (χ1v) is 5.49. The van der Waals surface area contributed by atoms with E-state index in [0.29, 0.717) is 0 Å². The molecule has 0 aliphatic rings. The Hall–Kier alpha value is -1.81. The Kier molecular flexibility index (Phi) is 3.44. The molecule has 1 unspecified atom stereocenters. The third-order valence-electron chi connectivity index (χ3n) is 2.73. The maximum atomic E-state index is 6.08. The Morgan fingerprint density at radius 3 is 2.59 bits per heavy atom. The summed E-state index contributed by atoms with van der Waals surface area (Å²) in [7, 11) is 1.65. The molecule has 0 saturated heterocycles. The van der Waals surface area contributed by atoms with E-state index in [2.05, 4.69) is 4.98 Å². The molecule has 0 amide bonds. The Bertz CT molecular complexity index is 476. The second-order valence-corrected chi connectivity index (χ2v) is 3.96. The van der Waals surface area contributed by atoms with Gasteiger partial charge in [0.15, 0.2) is 6.39 Å². The number of hydrogen-bond acceptors (Lipinski definition) is 4. The summed E-state index contributed by atoms with van der Waals surface area (Å²) in [5, 5.41) is 0. The lowest BCUT2D eigenvalue weighted by Crippen LogP contribution is -2.13. The number of oxazole rings is 1. The van der Waals surface area contributed by atoms with Crippen molar-refractivity contribution in [3.8, 4) is 5.75 Å². The van der Waals surface area contributed by atoms with Crippen LogP contribution in [0.5, 0.6) is 5.75 Å². The number of aryl methyl sites for hydroxylation is 1. The SMILES string of the molecule is COc1ccc(CC(N)c2ocnc2C)cc1. The molecule has 1 aromatic carbocycles. The lowest BCUT2D eigenvalue weighted by molar-refractivity contribution is 0.414. The minimum Gasteiger partial charge on any atom is -0.497 e. The van der Waals surface area contributed by atoms with Crippen LogP contribution in [0.1, 0.15) is 23.1 Å². The second kappa shape index (κ2) is 5.01. The van der Waals surface area contributed by atoms with E-state index in [1.807, 2.05) is 31.2 Å². The maximum absolute atomic E-state index is 6.08. The fourth-order valence-corrected chi connectivity index (χ4v) is 1.78. The van der Waals surface area contributed by atoms with E-state index in [1.54, 1.807) is 7.11 Å². The molecule has 2 rings (SSSR count). The zero-order chi connectivity index (χ0) is 12.3. The standard InChI is InChI=1S/C13H16N2O2/c1-9-13(17-8-15-9)12(14)7-10-3-5-11(16-2)6-4-10/h3-6,8,12H,7,14H2,1-2H3. The first-order valence-electron chi connectivity index (χ1n) is 5.49. The van der Waals surface area contributed by atoms with Crippen LogP contribution in [0, 0.1) is 6.92 Å². The van der Waals surface area contributed by atoms with Crippen molar-refractivity contribution in [3.63, 3.8) is 0 Å². The van der Waals surface area contributed by atoms with Crippen molar-refractivity contribution in [3.05, 3.63) is 47.7 Å². The molecule has 2 N–H and O–H groups in total. The number of ether oxygens (including phenoxy) is 1. The van der Waals surface area contributed by atoms with Crippen molar-refractivity contribution in [1.29, 1.82) is 0 Å². The van der Waals surface area contributed by atoms with Crippen LogP contribution in [-0.4, -0.2) is 12.1 Å². The van der Waals surface area contributed by atoms with Crippen molar-refractivity contribution in [1.82, 2.24) is 4.98 Å². The first kappa shape index (κ1) is 11.7. The van der Waals surface area contributed by atoms with E-state index in [-0.39, 0.29) is 6.04 Å². The van der Waals surface area contributed by atoms with Gasteiger partial charge < -0.3 is 14.9 Å². The van der Waals surface area contributed by atoms with Gasteiger partial charge in [-0.2, -0.15) is 0 Å². The summed E-state index contributed by atoms with van der Waals surface area (Å²) in [6.07, 6.45) is 2.15. The highest BCUT2D eigenvalue weighted by molar-refractivity contribution is 5.28. The summed E-state index contributed by atoms with van der Waals surface area (Å²) < 4.78 is 10.4. The van der Waals surface area contributed by atoms with E-state index in [1.165, 1.54) is 6.39 Å². The highest BCUT2D eigenvalue weighted by Crippen LogP contribution is 2.20. The molecule has 0 spiro atoms. The molecule has 0 fully saturated rings. The summed E-state index contributed by atoms with van der Waals surface area (Å²) in [5.74, 6) is 1.60. The molecule has 0 bridgehead atoms. The molecule has 4 nitrogen and oxygen atoms in total. The molecule has 4 heteroatoms. The Morgan fingerprint density at radius 1 is 1.35 bits per heavy atom. The lowest BCUT2D eigenvalue weighted by Gasteiger charge is -2.09. The van der Waals surface area contributed by atoms with E-state index < -0.39 is 0 Å². The van der Waals surface area contributed by atoms with Crippen molar-refractivity contribution in [2.45, 2.75) is 19.4 Å². The van der Waals surface area contributed by atoms with Gasteiger partial charge in [-0.15, -0.1) is 0 Å². The van der Waals surface area contributed by atoms with Crippen LogP contribution in [0.15, 0.2) is 35.1 Å². The second-order valence-electron chi connectivity index (χ2n) is 3.96. The number of nitrogens with two attached hydrogens (primary N) is 1. The Labute approximate surface area is 100 Å². The Morgan fingerprint density at radius 2 is 2.06 bits per heavy atom. The summed E-state index contributed by atoms with van der Waals surface area (Å²) >= 11 is 0. The summed E-state index contributed by atoms with van der Waals surface area (Å²) in [6, 6.07) is 7.70. The summed E-state index contributed by atoms with van der Waals surface area (Å²) in [6.45, 7) is 1.90. The quantitative estimate of drug-likeness (QED) is 0.878. The molecule has 2 aromatic rings.